The molecule has 2 aromatic carbocycles. The van der Waals surface area contributed by atoms with Crippen LogP contribution in [0.3, 0.4) is 0 Å². The molecule has 0 saturated carbocycles. The predicted octanol–water partition coefficient (Wildman–Crippen LogP) is 7.04. The van der Waals surface area contributed by atoms with Gasteiger partial charge in [-0.2, -0.15) is 0 Å². The highest BCUT2D eigenvalue weighted by Crippen LogP contribution is 2.16. The number of hydrogen-bond acceptors (Lipinski definition) is 5. The van der Waals surface area contributed by atoms with Crippen molar-refractivity contribution >= 4 is 21.8 Å². The molecule has 0 aliphatic rings. The molecule has 246 valence electrons. The van der Waals surface area contributed by atoms with Crippen LogP contribution in [0.25, 0.3) is 21.8 Å². The fraction of sp³-hybridized carbons (Fsp3) is 0.368. The standard InChI is InChI=1S/2C9H9N.C6H10O.C5H8O2.C5H8O.C4H6O.2H2/c2*1-7-6-10-9-5-3-2-4-8(7)9;1-3-4-5-6-7-2;1-7-5-3-2-4-6;1-3-4-5-6-2;1-3-4-5-2;;/h2*2-6,10H,1H3;3,6H2,1-2H3;6H,4-5H2,1H3;5H2,1-2H3;1H,4H2,2H3;2*1H. The molecule has 0 atom stereocenters. The number of H-pyrrole nitrogens is 2. The first-order valence-corrected chi connectivity index (χ1v) is 14.3. The third kappa shape index (κ3) is 23.7. The zero-order valence-corrected chi connectivity index (χ0v) is 28.2. The minimum Gasteiger partial charge on any atom is -0.384 e. The SMILES string of the molecule is C#CCOC.CC#CCOC.CCC#CCOC.COCC#CCO.Cc1c[nH]c2ccccc12.Cc1c[nH]c2ccccc12.[HH].[HH]. The van der Waals surface area contributed by atoms with E-state index in [4.69, 9.17) is 11.5 Å². The number of hydrogen-bond donors (Lipinski definition) is 3. The van der Waals surface area contributed by atoms with Gasteiger partial charge in [-0.05, 0) is 44.0 Å². The Kier molecular flexibility index (Phi) is 30.8. The van der Waals surface area contributed by atoms with Gasteiger partial charge in [0, 0.05) is 71.9 Å². The number of aryl methyl sites for hydroxylation is 2. The molecule has 7 heteroatoms. The lowest BCUT2D eigenvalue weighted by molar-refractivity contribution is 0.239. The van der Waals surface area contributed by atoms with Gasteiger partial charge < -0.3 is 34.0 Å². The first-order valence-electron chi connectivity index (χ1n) is 14.3. The van der Waals surface area contributed by atoms with Crippen molar-refractivity contribution in [2.75, 3.05) is 61.5 Å². The summed E-state index contributed by atoms with van der Waals surface area (Å²) < 4.78 is 18.3. The van der Waals surface area contributed by atoms with E-state index >= 15 is 0 Å². The molecule has 0 radical (unpaired) electrons. The van der Waals surface area contributed by atoms with Crippen LogP contribution in [0.1, 0.15) is 34.2 Å². The summed E-state index contributed by atoms with van der Waals surface area (Å²) in [6.07, 6.45) is 9.75. The molecule has 0 aliphatic carbocycles. The van der Waals surface area contributed by atoms with E-state index in [0.29, 0.717) is 26.4 Å². The molecule has 4 aromatic rings. The lowest BCUT2D eigenvalue weighted by Crippen LogP contribution is -1.81. The number of aromatic nitrogens is 2. The molecule has 0 unspecified atom stereocenters. The van der Waals surface area contributed by atoms with Gasteiger partial charge in [-0.1, -0.05) is 72.9 Å². The number of methoxy groups -OCH3 is 4. The summed E-state index contributed by atoms with van der Waals surface area (Å²) in [5.74, 6) is 18.4. The van der Waals surface area contributed by atoms with Crippen molar-refractivity contribution in [1.29, 1.82) is 0 Å². The molecule has 2 heterocycles. The topological polar surface area (TPSA) is 88.7 Å². The van der Waals surface area contributed by atoms with Gasteiger partial charge >= 0.3 is 0 Å². The highest BCUT2D eigenvalue weighted by molar-refractivity contribution is 5.83. The van der Waals surface area contributed by atoms with Gasteiger partial charge in [0.15, 0.2) is 0 Å². The van der Waals surface area contributed by atoms with Gasteiger partial charge in [0.05, 0.1) is 0 Å². The zero-order chi connectivity index (χ0) is 34.0. The summed E-state index contributed by atoms with van der Waals surface area (Å²) in [6.45, 7) is 9.88. The molecule has 0 amide bonds. The number of para-hydroxylation sites is 2. The van der Waals surface area contributed by atoms with E-state index in [1.54, 1.807) is 35.4 Å². The van der Waals surface area contributed by atoms with Crippen LogP contribution < -0.4 is 0 Å². The van der Waals surface area contributed by atoms with Crippen LogP contribution in [0.4, 0.5) is 0 Å². The Labute approximate surface area is 274 Å². The normalized spacial score (nSPS) is 8.44. The van der Waals surface area contributed by atoms with Crippen LogP contribution in [0.15, 0.2) is 60.9 Å². The van der Waals surface area contributed by atoms with Crippen molar-refractivity contribution in [3.63, 3.8) is 0 Å². The third-order valence-corrected chi connectivity index (χ3v) is 5.15. The van der Waals surface area contributed by atoms with E-state index in [9.17, 15) is 0 Å². The van der Waals surface area contributed by atoms with Crippen LogP contribution in [-0.4, -0.2) is 76.5 Å². The van der Waals surface area contributed by atoms with Crippen molar-refractivity contribution < 1.29 is 26.9 Å². The molecule has 0 saturated heterocycles. The van der Waals surface area contributed by atoms with Gasteiger partial charge in [0.25, 0.3) is 0 Å². The second kappa shape index (κ2) is 32.5. The predicted molar refractivity (Wildman–Crippen MR) is 193 cm³/mol. The number of terminal acetylenes is 1. The van der Waals surface area contributed by atoms with Crippen molar-refractivity contribution in [2.24, 2.45) is 0 Å². The van der Waals surface area contributed by atoms with Crippen LogP contribution in [0.5, 0.6) is 0 Å². The maximum Gasteiger partial charge on any atom is 0.107 e. The quantitative estimate of drug-likeness (QED) is 0.214. The maximum absolute atomic E-state index is 8.06. The van der Waals surface area contributed by atoms with E-state index in [1.807, 2.05) is 31.5 Å². The molecule has 4 rings (SSSR count). The molecule has 0 fully saturated rings. The first-order chi connectivity index (χ1) is 21.9. The van der Waals surface area contributed by atoms with E-state index < -0.39 is 0 Å². The second-order valence-corrected chi connectivity index (χ2v) is 8.62. The minimum atomic E-state index is -0.0800. The highest BCUT2D eigenvalue weighted by atomic mass is 16.5. The van der Waals surface area contributed by atoms with Crippen molar-refractivity contribution in [2.45, 2.75) is 34.1 Å². The van der Waals surface area contributed by atoms with Gasteiger partial charge in [-0.25, -0.2) is 0 Å². The van der Waals surface area contributed by atoms with Gasteiger partial charge in [0.2, 0.25) is 0 Å². The Morgan fingerprint density at radius 3 is 1.40 bits per heavy atom. The Bertz CT molecular complexity index is 1410. The molecule has 3 N–H and O–H groups in total. The summed E-state index contributed by atoms with van der Waals surface area (Å²) in [5.41, 5.74) is 5.08. The molecule has 0 spiro atoms. The minimum absolute atomic E-state index is 0. The summed E-state index contributed by atoms with van der Waals surface area (Å²) in [5, 5.41) is 10.7. The van der Waals surface area contributed by atoms with Gasteiger partial charge in [-0.15, -0.1) is 18.3 Å². The Morgan fingerprint density at radius 2 is 1.09 bits per heavy atom. The van der Waals surface area contributed by atoms with E-state index in [1.165, 1.54) is 32.9 Å². The zero-order valence-electron chi connectivity index (χ0n) is 28.2. The summed E-state index contributed by atoms with van der Waals surface area (Å²) in [4.78, 5) is 6.38. The number of nitrogens with one attached hydrogen (secondary N) is 2. The number of aliphatic hydroxyl groups is 1. The average molecular weight is 619 g/mol. The maximum atomic E-state index is 8.06. The van der Waals surface area contributed by atoms with Crippen molar-refractivity contribution in [1.82, 2.24) is 9.97 Å². The Morgan fingerprint density at radius 1 is 0.667 bits per heavy atom. The molecule has 45 heavy (non-hydrogen) atoms. The van der Waals surface area contributed by atoms with Crippen LogP contribution in [0, 0.1) is 61.7 Å². The number of fused-ring (bicyclic) bond motifs is 2. The van der Waals surface area contributed by atoms with E-state index in [0.717, 1.165) is 6.42 Å². The Balaban J connectivity index is -0.000000239. The molecule has 0 aliphatic heterocycles. The lowest BCUT2D eigenvalue weighted by Gasteiger charge is -1.86. The van der Waals surface area contributed by atoms with Crippen molar-refractivity contribution in [3.8, 4) is 47.9 Å². The number of aromatic amines is 2. The molecule has 7 nitrogen and oxygen atoms in total. The summed E-state index contributed by atoms with van der Waals surface area (Å²) in [7, 11) is 6.40. The monoisotopic (exact) mass is 618 g/mol. The highest BCUT2D eigenvalue weighted by Gasteiger charge is 1.95. The van der Waals surface area contributed by atoms with Crippen LogP contribution >= 0.6 is 0 Å². The van der Waals surface area contributed by atoms with Crippen LogP contribution in [0.2, 0.25) is 0 Å². The second-order valence-electron chi connectivity index (χ2n) is 8.62. The van der Waals surface area contributed by atoms with Crippen molar-refractivity contribution in [3.05, 3.63) is 72.1 Å². The molecule has 2 aromatic heterocycles. The number of aliphatic hydroxyl groups excluding tert-OH is 1. The summed E-state index contributed by atoms with van der Waals surface area (Å²) in [6, 6.07) is 16.6. The first kappa shape index (κ1) is 42.7. The molecule has 0 bridgehead atoms. The fourth-order valence-electron chi connectivity index (χ4n) is 3.09. The lowest BCUT2D eigenvalue weighted by atomic mass is 10.2. The smallest absolute Gasteiger partial charge is 0.107 e. The molecular formula is C38H54N2O5. The number of rotatable bonds is 4. The summed E-state index contributed by atoms with van der Waals surface area (Å²) >= 11 is 0. The third-order valence-electron chi connectivity index (χ3n) is 5.15. The van der Waals surface area contributed by atoms with Crippen LogP contribution in [-0.2, 0) is 18.9 Å². The number of ether oxygens (including phenoxy) is 4. The molecular weight excluding hydrogens is 564 g/mol. The van der Waals surface area contributed by atoms with E-state index in [-0.39, 0.29) is 9.46 Å². The Hall–Kier alpha value is -4.44. The fourth-order valence-corrected chi connectivity index (χ4v) is 3.09. The number of benzene rings is 2. The van der Waals surface area contributed by atoms with E-state index in [2.05, 4.69) is 121 Å². The largest absolute Gasteiger partial charge is 0.384 e. The average Bonchev–Trinajstić information content (AvgIpc) is 3.65. The van der Waals surface area contributed by atoms with Gasteiger partial charge in [0.1, 0.15) is 33.0 Å². The van der Waals surface area contributed by atoms with Gasteiger partial charge in [-0.3, -0.25) is 0 Å².